The predicted octanol–water partition coefficient (Wildman–Crippen LogP) is 3.40. The topological polar surface area (TPSA) is 36.7 Å². The lowest BCUT2D eigenvalue weighted by Crippen LogP contribution is -2.10. The molecule has 0 amide bonds. The van der Waals surface area contributed by atoms with Crippen molar-refractivity contribution in [1.29, 1.82) is 5.26 Å². The quantitative estimate of drug-likeness (QED) is 0.668. The van der Waals surface area contributed by atoms with Crippen LogP contribution in [0.5, 0.6) is 0 Å². The van der Waals surface area contributed by atoms with Gasteiger partial charge in [-0.25, -0.2) is 0 Å². The summed E-state index contributed by atoms with van der Waals surface area (Å²) < 4.78 is 0. The van der Waals surface area contributed by atoms with Crippen molar-refractivity contribution in [2.75, 3.05) is 0 Å². The third kappa shape index (κ3) is 1.90. The molecule has 0 radical (unpaired) electrons. The summed E-state index contributed by atoms with van der Waals surface area (Å²) in [4.78, 5) is 4.25. The summed E-state index contributed by atoms with van der Waals surface area (Å²) in [5, 5.41) is 9.87. The first kappa shape index (κ1) is 10.6. The van der Waals surface area contributed by atoms with Crippen molar-refractivity contribution < 1.29 is 0 Å². The SMILES string of the molecule is CC(C)(C)c1ccc2ncc(C#N)cc2c1. The fraction of sp³-hybridized carbons (Fsp3) is 0.286. The molecule has 1 aromatic carbocycles. The molecule has 1 aromatic heterocycles. The second kappa shape index (κ2) is 3.61. The van der Waals surface area contributed by atoms with Gasteiger partial charge in [0.25, 0.3) is 0 Å². The second-order valence-corrected chi connectivity index (χ2v) is 4.99. The van der Waals surface area contributed by atoms with E-state index in [4.69, 9.17) is 5.26 Å². The largest absolute Gasteiger partial charge is 0.255 e. The van der Waals surface area contributed by atoms with E-state index >= 15 is 0 Å². The van der Waals surface area contributed by atoms with Crippen molar-refractivity contribution in [3.05, 3.63) is 41.6 Å². The molecule has 0 saturated heterocycles. The number of fused-ring (bicyclic) bond motifs is 1. The van der Waals surface area contributed by atoms with E-state index in [0.29, 0.717) is 5.56 Å². The number of pyridine rings is 1. The highest BCUT2D eigenvalue weighted by Crippen LogP contribution is 2.25. The molecule has 0 aliphatic carbocycles. The third-order valence-electron chi connectivity index (χ3n) is 2.68. The first-order valence-corrected chi connectivity index (χ1v) is 5.31. The average Bonchev–Trinajstić information content (AvgIpc) is 2.26. The molecule has 2 nitrogen and oxygen atoms in total. The van der Waals surface area contributed by atoms with Gasteiger partial charge in [-0.2, -0.15) is 5.26 Å². The summed E-state index contributed by atoms with van der Waals surface area (Å²) in [6.07, 6.45) is 1.61. The molecule has 2 rings (SSSR count). The van der Waals surface area contributed by atoms with E-state index in [-0.39, 0.29) is 5.41 Å². The van der Waals surface area contributed by atoms with E-state index in [1.807, 2.05) is 12.1 Å². The van der Waals surface area contributed by atoms with Crippen LogP contribution in [-0.4, -0.2) is 4.98 Å². The van der Waals surface area contributed by atoms with Crippen LogP contribution in [0.1, 0.15) is 31.9 Å². The zero-order chi connectivity index (χ0) is 11.8. The molecule has 1 heterocycles. The Morgan fingerprint density at radius 1 is 1.19 bits per heavy atom. The van der Waals surface area contributed by atoms with Crippen LogP contribution in [0.15, 0.2) is 30.5 Å². The van der Waals surface area contributed by atoms with Gasteiger partial charge in [-0.3, -0.25) is 4.98 Å². The second-order valence-electron chi connectivity index (χ2n) is 4.99. The Kier molecular flexibility index (Phi) is 2.40. The number of benzene rings is 1. The van der Waals surface area contributed by atoms with Crippen molar-refractivity contribution in [1.82, 2.24) is 4.98 Å². The molecular weight excluding hydrogens is 196 g/mol. The van der Waals surface area contributed by atoms with Crippen LogP contribution >= 0.6 is 0 Å². The molecule has 2 aromatic rings. The molecule has 0 bridgehead atoms. The van der Waals surface area contributed by atoms with Crippen LogP contribution < -0.4 is 0 Å². The van der Waals surface area contributed by atoms with Crippen molar-refractivity contribution in [3.8, 4) is 6.07 Å². The summed E-state index contributed by atoms with van der Waals surface area (Å²) in [5.74, 6) is 0. The lowest BCUT2D eigenvalue weighted by atomic mass is 9.86. The summed E-state index contributed by atoms with van der Waals surface area (Å²) >= 11 is 0. The predicted molar refractivity (Wildman–Crippen MR) is 65.2 cm³/mol. The molecule has 16 heavy (non-hydrogen) atoms. The van der Waals surface area contributed by atoms with Gasteiger partial charge in [-0.05, 0) is 29.2 Å². The summed E-state index contributed by atoms with van der Waals surface area (Å²) in [7, 11) is 0. The van der Waals surface area contributed by atoms with Crippen molar-refractivity contribution >= 4 is 10.9 Å². The first-order valence-electron chi connectivity index (χ1n) is 5.31. The van der Waals surface area contributed by atoms with E-state index in [1.165, 1.54) is 5.56 Å². The van der Waals surface area contributed by atoms with Gasteiger partial charge >= 0.3 is 0 Å². The molecular formula is C14H14N2. The zero-order valence-corrected chi connectivity index (χ0v) is 9.78. The fourth-order valence-electron chi connectivity index (χ4n) is 1.66. The van der Waals surface area contributed by atoms with Gasteiger partial charge in [0.2, 0.25) is 0 Å². The minimum Gasteiger partial charge on any atom is -0.255 e. The van der Waals surface area contributed by atoms with Crippen molar-refractivity contribution in [3.63, 3.8) is 0 Å². The Morgan fingerprint density at radius 3 is 2.56 bits per heavy atom. The maximum absolute atomic E-state index is 8.84. The minimum absolute atomic E-state index is 0.122. The van der Waals surface area contributed by atoms with Gasteiger partial charge in [0.15, 0.2) is 0 Å². The Hall–Kier alpha value is -1.88. The monoisotopic (exact) mass is 210 g/mol. The normalized spacial score (nSPS) is 11.4. The molecule has 80 valence electrons. The highest BCUT2D eigenvalue weighted by Gasteiger charge is 2.13. The van der Waals surface area contributed by atoms with Gasteiger partial charge in [0.1, 0.15) is 6.07 Å². The lowest BCUT2D eigenvalue weighted by molar-refractivity contribution is 0.591. The van der Waals surface area contributed by atoms with E-state index < -0.39 is 0 Å². The molecule has 2 heteroatoms. The smallest absolute Gasteiger partial charge is 0.101 e. The Balaban J connectivity index is 2.65. The van der Waals surface area contributed by atoms with Gasteiger partial charge in [0.05, 0.1) is 11.1 Å². The fourth-order valence-corrected chi connectivity index (χ4v) is 1.66. The number of nitrogens with zero attached hydrogens (tertiary/aromatic N) is 2. The van der Waals surface area contributed by atoms with E-state index in [0.717, 1.165) is 10.9 Å². The van der Waals surface area contributed by atoms with Gasteiger partial charge < -0.3 is 0 Å². The number of nitriles is 1. The molecule has 0 aliphatic rings. The first-order chi connectivity index (χ1) is 7.50. The molecule has 0 atom stereocenters. The van der Waals surface area contributed by atoms with E-state index in [9.17, 15) is 0 Å². The summed E-state index contributed by atoms with van der Waals surface area (Å²) in [5.41, 5.74) is 2.93. The van der Waals surface area contributed by atoms with E-state index in [2.05, 4.69) is 44.0 Å². The lowest BCUT2D eigenvalue weighted by Gasteiger charge is -2.19. The highest BCUT2D eigenvalue weighted by molar-refractivity contribution is 5.80. The zero-order valence-electron chi connectivity index (χ0n) is 9.78. The van der Waals surface area contributed by atoms with Crippen molar-refractivity contribution in [2.45, 2.75) is 26.2 Å². The van der Waals surface area contributed by atoms with Crippen LogP contribution in [0.25, 0.3) is 10.9 Å². The molecule has 0 saturated carbocycles. The van der Waals surface area contributed by atoms with Gasteiger partial charge in [-0.15, -0.1) is 0 Å². The maximum atomic E-state index is 8.84. The summed E-state index contributed by atoms with van der Waals surface area (Å²) in [6.45, 7) is 6.53. The molecule has 0 aliphatic heterocycles. The van der Waals surface area contributed by atoms with Crippen LogP contribution in [-0.2, 0) is 5.41 Å². The van der Waals surface area contributed by atoms with Crippen LogP contribution in [0.3, 0.4) is 0 Å². The number of aromatic nitrogens is 1. The average molecular weight is 210 g/mol. The van der Waals surface area contributed by atoms with E-state index in [1.54, 1.807) is 6.20 Å². The third-order valence-corrected chi connectivity index (χ3v) is 2.68. The summed E-state index contributed by atoms with van der Waals surface area (Å²) in [6, 6.07) is 10.2. The highest BCUT2D eigenvalue weighted by atomic mass is 14.6. The number of rotatable bonds is 0. The van der Waals surface area contributed by atoms with Crippen molar-refractivity contribution in [2.24, 2.45) is 0 Å². The molecule has 0 fully saturated rings. The van der Waals surface area contributed by atoms with Crippen LogP contribution in [0.4, 0.5) is 0 Å². The molecule has 0 N–H and O–H groups in total. The van der Waals surface area contributed by atoms with Gasteiger partial charge in [-0.1, -0.05) is 26.8 Å². The van der Waals surface area contributed by atoms with Crippen LogP contribution in [0.2, 0.25) is 0 Å². The standard InChI is InChI=1S/C14H14N2/c1-14(2,3)12-4-5-13-11(7-12)6-10(8-15)9-16-13/h4-7,9H,1-3H3. The van der Waals surface area contributed by atoms with Crippen LogP contribution in [0, 0.1) is 11.3 Å². The molecule has 0 spiro atoms. The number of hydrogen-bond acceptors (Lipinski definition) is 2. The maximum Gasteiger partial charge on any atom is 0.101 e. The van der Waals surface area contributed by atoms with Gasteiger partial charge in [0, 0.05) is 11.6 Å². The number of hydrogen-bond donors (Lipinski definition) is 0. The Bertz CT molecular complexity index is 571. The minimum atomic E-state index is 0.122. The Labute approximate surface area is 95.6 Å². The molecule has 0 unspecified atom stereocenters. The Morgan fingerprint density at radius 2 is 1.94 bits per heavy atom.